The first-order valence-corrected chi connectivity index (χ1v) is 11.0. The molecule has 1 fully saturated rings. The van der Waals surface area contributed by atoms with E-state index in [1.54, 1.807) is 17.0 Å². The van der Waals surface area contributed by atoms with Crippen molar-refractivity contribution in [1.29, 1.82) is 0 Å². The minimum atomic E-state index is -0.607. The van der Waals surface area contributed by atoms with Gasteiger partial charge in [-0.15, -0.1) is 0 Å². The normalized spacial score (nSPS) is 20.8. The van der Waals surface area contributed by atoms with E-state index < -0.39 is 6.04 Å². The highest BCUT2D eigenvalue weighted by molar-refractivity contribution is 5.87. The third-order valence-electron chi connectivity index (χ3n) is 6.49. The Morgan fingerprint density at radius 1 is 1.13 bits per heavy atom. The van der Waals surface area contributed by atoms with Gasteiger partial charge in [-0.05, 0) is 36.5 Å². The Morgan fingerprint density at radius 3 is 2.65 bits per heavy atom. The van der Waals surface area contributed by atoms with Crippen LogP contribution in [0.1, 0.15) is 37.6 Å². The van der Waals surface area contributed by atoms with E-state index in [2.05, 4.69) is 10.6 Å². The summed E-state index contributed by atoms with van der Waals surface area (Å²) in [5.41, 5.74) is 2.03. The van der Waals surface area contributed by atoms with Gasteiger partial charge in [-0.1, -0.05) is 19.9 Å². The Hall–Kier alpha value is -3.03. The molecule has 0 aromatic carbocycles. The Bertz CT molecular complexity index is 1020. The van der Waals surface area contributed by atoms with E-state index >= 15 is 0 Å². The molecule has 2 aromatic rings. The standard InChI is InChI=1S/C23H31N5O3/c1-15(2)21(22(30)24-11-18-6-5-9-26(18)3)25-23(31)27-12-16-10-17(14-27)19-7-4-8-20(29)28(19)13-16/h4-9,15-17,21H,10-14H2,1-3H3,(H,24,30)(H,25,31)/t16?,17?,21-/m0/s1. The molecule has 0 saturated carbocycles. The molecule has 31 heavy (non-hydrogen) atoms. The summed E-state index contributed by atoms with van der Waals surface area (Å²) in [6.07, 6.45) is 2.92. The van der Waals surface area contributed by atoms with Crippen LogP contribution in [0.2, 0.25) is 0 Å². The number of carbonyl (C=O) groups excluding carboxylic acids is 2. The predicted octanol–water partition coefficient (Wildman–Crippen LogP) is 1.66. The summed E-state index contributed by atoms with van der Waals surface area (Å²) >= 11 is 0. The molecule has 8 nitrogen and oxygen atoms in total. The minimum absolute atomic E-state index is 0.0277. The number of hydrogen-bond acceptors (Lipinski definition) is 3. The fourth-order valence-electron chi connectivity index (χ4n) is 4.79. The summed E-state index contributed by atoms with van der Waals surface area (Å²) in [5, 5.41) is 5.90. The summed E-state index contributed by atoms with van der Waals surface area (Å²) in [6.45, 7) is 6.07. The van der Waals surface area contributed by atoms with Gasteiger partial charge in [0.2, 0.25) is 5.91 Å². The Morgan fingerprint density at radius 2 is 1.94 bits per heavy atom. The lowest BCUT2D eigenvalue weighted by Gasteiger charge is -2.43. The van der Waals surface area contributed by atoms with Crippen molar-refractivity contribution < 1.29 is 9.59 Å². The van der Waals surface area contributed by atoms with Crippen molar-refractivity contribution in [3.63, 3.8) is 0 Å². The zero-order chi connectivity index (χ0) is 22.1. The molecule has 4 heterocycles. The first kappa shape index (κ1) is 21.2. The van der Waals surface area contributed by atoms with E-state index in [1.165, 1.54) is 0 Å². The lowest BCUT2D eigenvalue weighted by atomic mass is 9.83. The zero-order valence-electron chi connectivity index (χ0n) is 18.4. The number of fused-ring (bicyclic) bond motifs is 4. The summed E-state index contributed by atoms with van der Waals surface area (Å²) in [7, 11) is 1.93. The van der Waals surface area contributed by atoms with E-state index in [0.29, 0.717) is 26.2 Å². The molecule has 3 amide bonds. The van der Waals surface area contributed by atoms with Crippen molar-refractivity contribution in [2.45, 2.75) is 45.3 Å². The number of pyridine rings is 1. The highest BCUT2D eigenvalue weighted by Crippen LogP contribution is 2.34. The number of piperidine rings is 1. The van der Waals surface area contributed by atoms with E-state index in [1.807, 2.05) is 54.4 Å². The molecule has 4 rings (SSSR count). The van der Waals surface area contributed by atoms with Crippen molar-refractivity contribution in [2.75, 3.05) is 13.1 Å². The van der Waals surface area contributed by atoms with Gasteiger partial charge in [0.05, 0.1) is 6.54 Å². The van der Waals surface area contributed by atoms with Gasteiger partial charge in [0.15, 0.2) is 0 Å². The Balaban J connectivity index is 1.41. The number of likely N-dealkylation sites (tertiary alicyclic amines) is 1. The molecule has 2 N–H and O–H groups in total. The molecule has 2 aliphatic heterocycles. The van der Waals surface area contributed by atoms with Gasteiger partial charge in [-0.25, -0.2) is 4.79 Å². The molecule has 8 heteroatoms. The number of amides is 3. The molecule has 0 aliphatic carbocycles. The summed E-state index contributed by atoms with van der Waals surface area (Å²) < 4.78 is 3.81. The summed E-state index contributed by atoms with van der Waals surface area (Å²) in [5.74, 6) is 0.177. The molecule has 0 radical (unpaired) electrons. The topological polar surface area (TPSA) is 88.4 Å². The maximum Gasteiger partial charge on any atom is 0.318 e. The van der Waals surface area contributed by atoms with Crippen molar-refractivity contribution in [1.82, 2.24) is 24.7 Å². The maximum atomic E-state index is 13.1. The fourth-order valence-corrected chi connectivity index (χ4v) is 4.79. The average molecular weight is 426 g/mol. The van der Waals surface area contributed by atoms with Crippen molar-refractivity contribution >= 4 is 11.9 Å². The first-order chi connectivity index (χ1) is 14.8. The van der Waals surface area contributed by atoms with E-state index in [0.717, 1.165) is 17.8 Å². The van der Waals surface area contributed by atoms with Crippen LogP contribution in [-0.2, 0) is 24.9 Å². The van der Waals surface area contributed by atoms with E-state index in [4.69, 9.17) is 0 Å². The van der Waals surface area contributed by atoms with Crippen LogP contribution in [0.4, 0.5) is 4.79 Å². The van der Waals surface area contributed by atoms with Crippen molar-refractivity contribution in [3.05, 3.63) is 58.3 Å². The fraction of sp³-hybridized carbons (Fsp3) is 0.522. The lowest BCUT2D eigenvalue weighted by molar-refractivity contribution is -0.124. The number of aromatic nitrogens is 2. The predicted molar refractivity (Wildman–Crippen MR) is 118 cm³/mol. The summed E-state index contributed by atoms with van der Waals surface area (Å²) in [6, 6.07) is 8.44. The highest BCUT2D eigenvalue weighted by atomic mass is 16.2. The molecule has 2 aliphatic rings. The van der Waals surface area contributed by atoms with Gasteiger partial charge in [0.1, 0.15) is 6.04 Å². The second kappa shape index (κ2) is 8.61. The quantitative estimate of drug-likeness (QED) is 0.764. The Labute approximate surface area is 182 Å². The number of urea groups is 1. The summed E-state index contributed by atoms with van der Waals surface area (Å²) in [4.78, 5) is 39.9. The molecule has 2 bridgehead atoms. The SMILES string of the molecule is CC(C)[C@H](NC(=O)N1CC2CC(C1)c1cccc(=O)n1C2)C(=O)NCc1cccn1C. The highest BCUT2D eigenvalue weighted by Gasteiger charge is 2.37. The van der Waals surface area contributed by atoms with Gasteiger partial charge in [0, 0.05) is 56.3 Å². The largest absolute Gasteiger partial charge is 0.353 e. The number of hydrogen-bond donors (Lipinski definition) is 2. The smallest absolute Gasteiger partial charge is 0.318 e. The molecule has 3 atom stereocenters. The van der Waals surface area contributed by atoms with E-state index in [9.17, 15) is 14.4 Å². The number of nitrogens with one attached hydrogen (secondary N) is 2. The molecular formula is C23H31N5O3. The molecule has 166 valence electrons. The third-order valence-corrected chi connectivity index (χ3v) is 6.49. The number of rotatable bonds is 5. The van der Waals surface area contributed by atoms with Gasteiger partial charge < -0.3 is 24.7 Å². The van der Waals surface area contributed by atoms with Crippen LogP contribution in [0.25, 0.3) is 0 Å². The minimum Gasteiger partial charge on any atom is -0.353 e. The lowest BCUT2D eigenvalue weighted by Crippen LogP contribution is -2.57. The van der Waals surface area contributed by atoms with Crippen molar-refractivity contribution in [3.8, 4) is 0 Å². The first-order valence-electron chi connectivity index (χ1n) is 11.0. The van der Waals surface area contributed by atoms with Crippen LogP contribution in [0, 0.1) is 11.8 Å². The van der Waals surface area contributed by atoms with Crippen LogP contribution < -0.4 is 16.2 Å². The van der Waals surface area contributed by atoms with E-state index in [-0.39, 0.29) is 35.3 Å². The van der Waals surface area contributed by atoms with Gasteiger partial charge >= 0.3 is 6.03 Å². The molecule has 2 unspecified atom stereocenters. The average Bonchev–Trinajstić information content (AvgIpc) is 3.15. The monoisotopic (exact) mass is 425 g/mol. The number of carbonyl (C=O) groups is 2. The van der Waals surface area contributed by atoms with Crippen LogP contribution in [0.5, 0.6) is 0 Å². The van der Waals surface area contributed by atoms with Crippen LogP contribution in [-0.4, -0.2) is 45.1 Å². The van der Waals surface area contributed by atoms with Gasteiger partial charge in [0.25, 0.3) is 5.56 Å². The molecular weight excluding hydrogens is 394 g/mol. The molecule has 1 saturated heterocycles. The van der Waals surface area contributed by atoms with Gasteiger partial charge in [-0.3, -0.25) is 9.59 Å². The third kappa shape index (κ3) is 4.38. The second-order valence-electron chi connectivity index (χ2n) is 9.10. The Kier molecular flexibility index (Phi) is 5.89. The van der Waals surface area contributed by atoms with Gasteiger partial charge in [-0.2, -0.15) is 0 Å². The second-order valence-corrected chi connectivity index (χ2v) is 9.10. The molecule has 0 spiro atoms. The number of aryl methyl sites for hydroxylation is 1. The maximum absolute atomic E-state index is 13.1. The zero-order valence-corrected chi connectivity index (χ0v) is 18.4. The van der Waals surface area contributed by atoms with Crippen molar-refractivity contribution in [2.24, 2.45) is 18.9 Å². The number of nitrogens with zero attached hydrogens (tertiary/aromatic N) is 3. The van der Waals surface area contributed by atoms with Crippen LogP contribution in [0.15, 0.2) is 41.3 Å². The molecule has 2 aromatic heterocycles. The van der Waals surface area contributed by atoms with Crippen LogP contribution >= 0.6 is 0 Å². The van der Waals surface area contributed by atoms with Crippen LogP contribution in [0.3, 0.4) is 0 Å².